The normalized spacial score (nSPS) is 10.2. The summed E-state index contributed by atoms with van der Waals surface area (Å²) < 4.78 is 0. The van der Waals surface area contributed by atoms with Crippen molar-refractivity contribution in [1.29, 1.82) is 0 Å². The number of nitrogens with one attached hydrogen (secondary N) is 1. The molecule has 2 rings (SSSR count). The Balaban J connectivity index is 2.07. The lowest BCUT2D eigenvalue weighted by Gasteiger charge is -2.05. The summed E-state index contributed by atoms with van der Waals surface area (Å²) in [7, 11) is 0. The zero-order valence-corrected chi connectivity index (χ0v) is 10.1. The highest BCUT2D eigenvalue weighted by atomic mass is 32.1. The number of aromatic nitrogens is 1. The van der Waals surface area contributed by atoms with Crippen molar-refractivity contribution in [1.82, 2.24) is 4.98 Å². The summed E-state index contributed by atoms with van der Waals surface area (Å²) in [6.45, 7) is 2.72. The van der Waals surface area contributed by atoms with Crippen LogP contribution in [0.25, 0.3) is 0 Å². The van der Waals surface area contributed by atoms with Gasteiger partial charge >= 0.3 is 5.97 Å². The minimum atomic E-state index is -1.01. The molecule has 2 aromatic rings. The summed E-state index contributed by atoms with van der Waals surface area (Å²) in [5.74, 6) is -0.432. The lowest BCUT2D eigenvalue weighted by atomic mass is 10.3. The van der Waals surface area contributed by atoms with E-state index >= 15 is 0 Å². The second-order valence-corrected chi connectivity index (χ2v) is 4.59. The molecule has 0 saturated carbocycles. The van der Waals surface area contributed by atoms with Crippen LogP contribution < -0.4 is 5.32 Å². The van der Waals surface area contributed by atoms with E-state index in [0.717, 1.165) is 0 Å². The van der Waals surface area contributed by atoms with Crippen molar-refractivity contribution in [2.45, 2.75) is 13.5 Å². The Bertz CT molecular complexity index is 537. The number of rotatable bonds is 4. The Kier molecular flexibility index (Phi) is 3.39. The van der Waals surface area contributed by atoms with E-state index in [2.05, 4.69) is 23.3 Å². The summed E-state index contributed by atoms with van der Waals surface area (Å²) in [4.78, 5) is 16.0. The maximum atomic E-state index is 10.8. The first-order valence-corrected chi connectivity index (χ1v) is 6.02. The van der Waals surface area contributed by atoms with E-state index in [1.54, 1.807) is 23.5 Å². The average Bonchev–Trinajstić information content (AvgIpc) is 2.72. The number of thiophene rings is 1. The molecule has 88 valence electrons. The first kappa shape index (κ1) is 11.6. The molecular formula is C12H12N2O2S. The number of pyridine rings is 1. The molecule has 0 aliphatic carbocycles. The molecule has 17 heavy (non-hydrogen) atoms. The summed E-state index contributed by atoms with van der Waals surface area (Å²) in [5.41, 5.74) is 1.29. The van der Waals surface area contributed by atoms with Gasteiger partial charge in [-0.2, -0.15) is 0 Å². The highest BCUT2D eigenvalue weighted by molar-refractivity contribution is 7.10. The van der Waals surface area contributed by atoms with Gasteiger partial charge in [0.25, 0.3) is 0 Å². The van der Waals surface area contributed by atoms with E-state index < -0.39 is 5.97 Å². The lowest BCUT2D eigenvalue weighted by Crippen LogP contribution is -2.05. The lowest BCUT2D eigenvalue weighted by molar-refractivity contribution is 0.0690. The van der Waals surface area contributed by atoms with Crippen molar-refractivity contribution in [3.63, 3.8) is 0 Å². The number of hydrogen-bond donors (Lipinski definition) is 2. The smallest absolute Gasteiger partial charge is 0.354 e. The van der Waals surface area contributed by atoms with Crippen LogP contribution in [0, 0.1) is 6.92 Å². The van der Waals surface area contributed by atoms with Crippen molar-refractivity contribution in [3.05, 3.63) is 45.8 Å². The largest absolute Gasteiger partial charge is 0.477 e. The number of aromatic carboxylic acids is 1. The van der Waals surface area contributed by atoms with Gasteiger partial charge in [-0.15, -0.1) is 11.3 Å². The molecule has 0 amide bonds. The molecule has 0 saturated heterocycles. The molecule has 0 bridgehead atoms. The van der Waals surface area contributed by atoms with E-state index in [0.29, 0.717) is 12.4 Å². The summed E-state index contributed by atoms with van der Waals surface area (Å²) in [6.07, 6.45) is 0. The van der Waals surface area contributed by atoms with Gasteiger partial charge in [-0.3, -0.25) is 0 Å². The first-order chi connectivity index (χ1) is 8.16. The van der Waals surface area contributed by atoms with Crippen LogP contribution in [0.5, 0.6) is 0 Å². The van der Waals surface area contributed by atoms with Crippen molar-refractivity contribution in [3.8, 4) is 0 Å². The fourth-order valence-electron chi connectivity index (χ4n) is 1.41. The van der Waals surface area contributed by atoms with Crippen LogP contribution in [0.1, 0.15) is 20.9 Å². The third kappa shape index (κ3) is 2.82. The number of aryl methyl sites for hydroxylation is 1. The SMILES string of the molecule is Cc1ccsc1CNc1cccc(C(=O)O)n1. The van der Waals surface area contributed by atoms with Crippen molar-refractivity contribution in [2.24, 2.45) is 0 Å². The van der Waals surface area contributed by atoms with Crippen molar-refractivity contribution < 1.29 is 9.90 Å². The van der Waals surface area contributed by atoms with Gasteiger partial charge in [0.05, 0.1) is 6.54 Å². The minimum Gasteiger partial charge on any atom is -0.477 e. The standard InChI is InChI=1S/C12H12N2O2S/c1-8-5-6-17-10(8)7-13-11-4-2-3-9(14-11)12(15)16/h2-6H,7H2,1H3,(H,13,14)(H,15,16). The van der Waals surface area contributed by atoms with Gasteiger partial charge in [-0.05, 0) is 36.1 Å². The van der Waals surface area contributed by atoms with E-state index in [9.17, 15) is 4.79 Å². The van der Waals surface area contributed by atoms with Gasteiger partial charge in [0.1, 0.15) is 5.82 Å². The Hall–Kier alpha value is -1.88. The molecule has 0 aliphatic rings. The molecule has 0 aromatic carbocycles. The van der Waals surface area contributed by atoms with Crippen LogP contribution in [-0.2, 0) is 6.54 Å². The molecular weight excluding hydrogens is 236 g/mol. The van der Waals surface area contributed by atoms with Crippen LogP contribution in [-0.4, -0.2) is 16.1 Å². The predicted molar refractivity (Wildman–Crippen MR) is 67.6 cm³/mol. The fourth-order valence-corrected chi connectivity index (χ4v) is 2.25. The van der Waals surface area contributed by atoms with Crippen LogP contribution in [0.3, 0.4) is 0 Å². The molecule has 0 fully saturated rings. The van der Waals surface area contributed by atoms with Crippen molar-refractivity contribution in [2.75, 3.05) is 5.32 Å². The quantitative estimate of drug-likeness (QED) is 0.873. The molecule has 2 aromatic heterocycles. The molecule has 0 aliphatic heterocycles. The highest BCUT2D eigenvalue weighted by Crippen LogP contribution is 2.17. The Morgan fingerprint density at radius 3 is 2.94 bits per heavy atom. The molecule has 0 unspecified atom stereocenters. The van der Waals surface area contributed by atoms with Crippen LogP contribution >= 0.6 is 11.3 Å². The third-order valence-electron chi connectivity index (χ3n) is 2.37. The molecule has 5 heteroatoms. The van der Waals surface area contributed by atoms with Gasteiger partial charge in [-0.1, -0.05) is 6.07 Å². The van der Waals surface area contributed by atoms with E-state index in [-0.39, 0.29) is 5.69 Å². The first-order valence-electron chi connectivity index (χ1n) is 5.14. The number of carbonyl (C=O) groups is 1. The van der Waals surface area contributed by atoms with E-state index in [1.807, 2.05) is 5.38 Å². The predicted octanol–water partition coefficient (Wildman–Crippen LogP) is 2.76. The molecule has 0 radical (unpaired) electrons. The van der Waals surface area contributed by atoms with Crippen LogP contribution in [0.4, 0.5) is 5.82 Å². The summed E-state index contributed by atoms with van der Waals surface area (Å²) in [5, 5.41) is 14.0. The number of carboxylic acids is 1. The average molecular weight is 248 g/mol. The molecule has 0 atom stereocenters. The van der Waals surface area contributed by atoms with Gasteiger partial charge in [0.15, 0.2) is 5.69 Å². The van der Waals surface area contributed by atoms with Crippen molar-refractivity contribution >= 4 is 23.1 Å². The summed E-state index contributed by atoms with van der Waals surface area (Å²) in [6, 6.07) is 6.97. The number of hydrogen-bond acceptors (Lipinski definition) is 4. The van der Waals surface area contributed by atoms with Gasteiger partial charge < -0.3 is 10.4 Å². The van der Waals surface area contributed by atoms with Gasteiger partial charge in [0.2, 0.25) is 0 Å². The maximum absolute atomic E-state index is 10.8. The zero-order chi connectivity index (χ0) is 12.3. The van der Waals surface area contributed by atoms with Crippen LogP contribution in [0.15, 0.2) is 29.6 Å². The number of nitrogens with zero attached hydrogens (tertiary/aromatic N) is 1. The second-order valence-electron chi connectivity index (χ2n) is 3.59. The Labute approximate surface area is 103 Å². The third-order valence-corrected chi connectivity index (χ3v) is 3.39. The fraction of sp³-hybridized carbons (Fsp3) is 0.167. The molecule has 4 nitrogen and oxygen atoms in total. The second kappa shape index (κ2) is 4.97. The zero-order valence-electron chi connectivity index (χ0n) is 9.30. The molecule has 0 spiro atoms. The topological polar surface area (TPSA) is 62.2 Å². The van der Waals surface area contributed by atoms with Gasteiger partial charge in [-0.25, -0.2) is 9.78 Å². The molecule has 2 N–H and O–H groups in total. The van der Waals surface area contributed by atoms with Gasteiger partial charge in [0, 0.05) is 4.88 Å². The van der Waals surface area contributed by atoms with E-state index in [1.165, 1.54) is 16.5 Å². The van der Waals surface area contributed by atoms with E-state index in [4.69, 9.17) is 5.11 Å². The Morgan fingerprint density at radius 2 is 2.29 bits per heavy atom. The Morgan fingerprint density at radius 1 is 1.47 bits per heavy atom. The minimum absolute atomic E-state index is 0.0536. The molecule has 2 heterocycles. The highest BCUT2D eigenvalue weighted by Gasteiger charge is 2.05. The number of carboxylic acid groups (broad SMARTS) is 1. The summed E-state index contributed by atoms with van der Waals surface area (Å²) >= 11 is 1.67. The van der Waals surface area contributed by atoms with Crippen LogP contribution in [0.2, 0.25) is 0 Å². The number of anilines is 1. The maximum Gasteiger partial charge on any atom is 0.354 e. The monoisotopic (exact) mass is 248 g/mol.